The van der Waals surface area contributed by atoms with Crippen molar-refractivity contribution < 1.29 is 21.6 Å². The maximum absolute atomic E-state index is 12.6. The van der Waals surface area contributed by atoms with E-state index in [-0.39, 0.29) is 32.0 Å². The highest BCUT2D eigenvalue weighted by Gasteiger charge is 2.50. The molecule has 3 rings (SSSR count). The number of guanidine groups is 1. The van der Waals surface area contributed by atoms with Crippen LogP contribution in [-0.4, -0.2) is 59.8 Å². The summed E-state index contributed by atoms with van der Waals surface area (Å²) < 4.78 is 63.1. The highest BCUT2D eigenvalue weighted by Crippen LogP contribution is 2.28. The van der Waals surface area contributed by atoms with E-state index in [1.165, 1.54) is 11.3 Å². The number of piperidine rings is 1. The topological polar surface area (TPSA) is 91.1 Å². The summed E-state index contributed by atoms with van der Waals surface area (Å²) in [6, 6.07) is -0.165. The van der Waals surface area contributed by atoms with Crippen molar-refractivity contribution in [2.75, 3.05) is 20.1 Å². The van der Waals surface area contributed by atoms with Crippen LogP contribution in [0.2, 0.25) is 0 Å². The largest absolute Gasteiger partial charge is 0.511 e. The molecule has 3 heterocycles. The second-order valence-electron chi connectivity index (χ2n) is 6.02. The number of sulfonamides is 1. The van der Waals surface area contributed by atoms with Gasteiger partial charge in [0.1, 0.15) is 0 Å². The minimum absolute atomic E-state index is 0.165. The molecular formula is C14H19F3N6O2S2. The predicted molar refractivity (Wildman–Crippen MR) is 96.0 cm³/mol. The van der Waals surface area contributed by atoms with Gasteiger partial charge < -0.3 is 10.6 Å². The lowest BCUT2D eigenvalue weighted by atomic mass is 10.1. The van der Waals surface area contributed by atoms with Crippen molar-refractivity contribution in [1.29, 1.82) is 0 Å². The van der Waals surface area contributed by atoms with Gasteiger partial charge in [-0.1, -0.05) is 0 Å². The highest BCUT2D eigenvalue weighted by atomic mass is 32.2. The van der Waals surface area contributed by atoms with Crippen molar-refractivity contribution in [2.24, 2.45) is 4.99 Å². The highest BCUT2D eigenvalue weighted by molar-refractivity contribution is 7.90. The SMILES string of the molecule is CN=C(NCc1cn2ccsc2n1)NC1CCN(S(=O)(=O)C(F)(F)F)CC1. The average Bonchev–Trinajstić information content (AvgIpc) is 3.19. The molecule has 1 aliphatic rings. The summed E-state index contributed by atoms with van der Waals surface area (Å²) in [5, 5.41) is 8.16. The van der Waals surface area contributed by atoms with E-state index in [9.17, 15) is 21.6 Å². The number of aliphatic imine (C=N–C) groups is 1. The number of hydrogen-bond acceptors (Lipinski definition) is 5. The second-order valence-corrected chi connectivity index (χ2v) is 8.82. The maximum atomic E-state index is 12.6. The number of nitrogens with zero attached hydrogens (tertiary/aromatic N) is 4. The summed E-state index contributed by atoms with van der Waals surface area (Å²) >= 11 is 1.52. The number of nitrogens with one attached hydrogen (secondary N) is 2. The minimum atomic E-state index is -5.26. The van der Waals surface area contributed by atoms with Crippen LogP contribution in [0, 0.1) is 0 Å². The van der Waals surface area contributed by atoms with E-state index in [0.717, 1.165) is 10.7 Å². The lowest BCUT2D eigenvalue weighted by Crippen LogP contribution is -2.51. The Morgan fingerprint density at radius 1 is 1.41 bits per heavy atom. The van der Waals surface area contributed by atoms with Crippen molar-refractivity contribution in [1.82, 2.24) is 24.3 Å². The third-order valence-corrected chi connectivity index (χ3v) is 6.63. The minimum Gasteiger partial charge on any atom is -0.354 e. The van der Waals surface area contributed by atoms with Gasteiger partial charge in [-0.2, -0.15) is 17.5 Å². The standard InChI is InChI=1S/C14H19F3N6O2S2/c1-18-12(19-8-11-9-22-6-7-26-13(22)21-11)20-10-2-4-23(5-3-10)27(24,25)14(15,16)17/h6-7,9-10H,2-5,8H2,1H3,(H2,18,19,20). The van der Waals surface area contributed by atoms with Crippen LogP contribution in [0.15, 0.2) is 22.8 Å². The van der Waals surface area contributed by atoms with E-state index < -0.39 is 15.5 Å². The van der Waals surface area contributed by atoms with Gasteiger partial charge in [0.2, 0.25) is 0 Å². The number of aromatic nitrogens is 2. The Bertz CT molecular complexity index is 884. The van der Waals surface area contributed by atoms with E-state index in [0.29, 0.717) is 16.8 Å². The molecule has 0 atom stereocenters. The van der Waals surface area contributed by atoms with Gasteiger partial charge in [-0.15, -0.1) is 11.3 Å². The first-order valence-corrected chi connectivity index (χ1v) is 10.5. The molecule has 0 unspecified atom stereocenters. The van der Waals surface area contributed by atoms with Crippen molar-refractivity contribution in [2.45, 2.75) is 30.9 Å². The van der Waals surface area contributed by atoms with E-state index in [4.69, 9.17) is 0 Å². The Morgan fingerprint density at radius 3 is 2.70 bits per heavy atom. The molecular weight excluding hydrogens is 405 g/mol. The number of hydrogen-bond donors (Lipinski definition) is 2. The maximum Gasteiger partial charge on any atom is 0.511 e. The van der Waals surface area contributed by atoms with Crippen molar-refractivity contribution >= 4 is 32.3 Å². The Hall–Kier alpha value is -1.86. The van der Waals surface area contributed by atoms with Crippen LogP contribution < -0.4 is 10.6 Å². The van der Waals surface area contributed by atoms with E-state index in [2.05, 4.69) is 20.6 Å². The lowest BCUT2D eigenvalue weighted by Gasteiger charge is -2.32. The van der Waals surface area contributed by atoms with Crippen LogP contribution >= 0.6 is 11.3 Å². The Balaban J connectivity index is 1.50. The smallest absolute Gasteiger partial charge is 0.354 e. The molecule has 0 spiro atoms. The molecule has 8 nitrogen and oxygen atoms in total. The summed E-state index contributed by atoms with van der Waals surface area (Å²) in [4.78, 5) is 9.42. The normalized spacial score (nSPS) is 18.1. The monoisotopic (exact) mass is 424 g/mol. The fourth-order valence-corrected chi connectivity index (χ4v) is 4.51. The molecule has 13 heteroatoms. The molecule has 27 heavy (non-hydrogen) atoms. The van der Waals surface area contributed by atoms with Crippen molar-refractivity contribution in [3.05, 3.63) is 23.5 Å². The number of halogens is 3. The number of alkyl halides is 3. The fourth-order valence-electron chi connectivity index (χ4n) is 2.81. The van der Waals surface area contributed by atoms with Gasteiger partial charge in [0, 0.05) is 44.0 Å². The van der Waals surface area contributed by atoms with Crippen LogP contribution in [-0.2, 0) is 16.6 Å². The van der Waals surface area contributed by atoms with Crippen molar-refractivity contribution in [3.63, 3.8) is 0 Å². The molecule has 1 fully saturated rings. The van der Waals surface area contributed by atoms with Gasteiger partial charge in [0.25, 0.3) is 0 Å². The first-order chi connectivity index (χ1) is 12.7. The molecule has 1 aliphatic heterocycles. The van der Waals surface area contributed by atoms with Crippen LogP contribution in [0.4, 0.5) is 13.2 Å². The zero-order valence-electron chi connectivity index (χ0n) is 14.4. The Morgan fingerprint density at radius 2 is 2.11 bits per heavy atom. The molecule has 150 valence electrons. The van der Waals surface area contributed by atoms with Gasteiger partial charge in [0.05, 0.1) is 12.2 Å². The molecule has 2 N–H and O–H groups in total. The van der Waals surface area contributed by atoms with Gasteiger partial charge in [-0.3, -0.25) is 9.39 Å². The van der Waals surface area contributed by atoms with E-state index in [1.807, 2.05) is 22.2 Å². The molecule has 1 saturated heterocycles. The molecule has 0 aliphatic carbocycles. The van der Waals surface area contributed by atoms with Crippen molar-refractivity contribution in [3.8, 4) is 0 Å². The predicted octanol–water partition coefficient (Wildman–Crippen LogP) is 1.37. The van der Waals surface area contributed by atoms with Crippen LogP contribution in [0.25, 0.3) is 4.96 Å². The first kappa shape index (κ1) is 19.9. The Kier molecular flexibility index (Phi) is 5.63. The molecule has 0 bridgehead atoms. The zero-order chi connectivity index (χ0) is 19.7. The van der Waals surface area contributed by atoms with Crippen LogP contribution in [0.3, 0.4) is 0 Å². The van der Waals surface area contributed by atoms with Gasteiger partial charge in [-0.05, 0) is 12.8 Å². The molecule has 2 aromatic rings. The molecule has 0 radical (unpaired) electrons. The quantitative estimate of drug-likeness (QED) is 0.572. The summed E-state index contributed by atoms with van der Waals surface area (Å²) in [6.45, 7) is 0.0665. The van der Waals surface area contributed by atoms with E-state index >= 15 is 0 Å². The van der Waals surface area contributed by atoms with Crippen LogP contribution in [0.5, 0.6) is 0 Å². The number of fused-ring (bicyclic) bond motifs is 1. The molecule has 0 aromatic carbocycles. The van der Waals surface area contributed by atoms with Gasteiger partial charge >= 0.3 is 15.5 Å². The number of rotatable bonds is 4. The summed E-state index contributed by atoms with van der Waals surface area (Å²) in [6.07, 6.45) is 4.32. The van der Waals surface area contributed by atoms with Gasteiger partial charge in [0.15, 0.2) is 10.9 Å². The third kappa shape index (κ3) is 4.35. The number of thiazole rings is 1. The zero-order valence-corrected chi connectivity index (χ0v) is 16.0. The molecule has 0 saturated carbocycles. The third-order valence-electron chi connectivity index (χ3n) is 4.23. The fraction of sp³-hybridized carbons (Fsp3) is 0.571. The molecule has 2 aromatic heterocycles. The van der Waals surface area contributed by atoms with Crippen LogP contribution in [0.1, 0.15) is 18.5 Å². The van der Waals surface area contributed by atoms with Gasteiger partial charge in [-0.25, -0.2) is 13.4 Å². The number of imidazole rings is 1. The second kappa shape index (κ2) is 7.64. The first-order valence-electron chi connectivity index (χ1n) is 8.15. The Labute approximate surface area is 158 Å². The molecule has 0 amide bonds. The summed E-state index contributed by atoms with van der Waals surface area (Å²) in [5.41, 5.74) is -4.43. The average molecular weight is 424 g/mol. The lowest BCUT2D eigenvalue weighted by molar-refractivity contribution is -0.0494. The summed E-state index contributed by atoms with van der Waals surface area (Å²) in [5.74, 6) is 0.489. The summed E-state index contributed by atoms with van der Waals surface area (Å²) in [7, 11) is -3.67. The van der Waals surface area contributed by atoms with E-state index in [1.54, 1.807) is 7.05 Å².